The van der Waals surface area contributed by atoms with E-state index in [1.807, 2.05) is 12.1 Å². The van der Waals surface area contributed by atoms with Crippen LogP contribution in [0.25, 0.3) is 11.0 Å². The van der Waals surface area contributed by atoms with Crippen molar-refractivity contribution in [2.45, 2.75) is 19.5 Å². The van der Waals surface area contributed by atoms with Crippen molar-refractivity contribution in [3.8, 4) is 0 Å². The Morgan fingerprint density at radius 2 is 2.03 bits per heavy atom. The number of nitrogens with zero attached hydrogens (tertiary/aromatic N) is 3. The molecule has 11 heteroatoms. The minimum atomic E-state index is -0.879. The van der Waals surface area contributed by atoms with Gasteiger partial charge in [-0.05, 0) is 31.2 Å². The Hall–Kier alpha value is -4.15. The molecule has 160 valence electrons. The Bertz CT molecular complexity index is 1150. The highest BCUT2D eigenvalue weighted by Gasteiger charge is 2.35. The van der Waals surface area contributed by atoms with Crippen LogP contribution >= 0.6 is 0 Å². The zero-order valence-electron chi connectivity index (χ0n) is 16.5. The molecule has 0 aliphatic carbocycles. The van der Waals surface area contributed by atoms with Crippen LogP contribution in [0.4, 0.5) is 4.79 Å². The molecule has 3 heterocycles. The quantitative estimate of drug-likeness (QED) is 0.543. The van der Waals surface area contributed by atoms with Gasteiger partial charge in [-0.3, -0.25) is 4.79 Å². The number of nitrogens with one attached hydrogen (secondary N) is 2. The molecular weight excluding hydrogens is 406 g/mol. The smallest absolute Gasteiger partial charge is 0.338 e. The molecule has 1 atom stereocenters. The van der Waals surface area contributed by atoms with Crippen LogP contribution in [0.5, 0.6) is 0 Å². The maximum Gasteiger partial charge on any atom is 0.338 e. The van der Waals surface area contributed by atoms with Crippen molar-refractivity contribution in [2.24, 2.45) is 0 Å². The molecule has 0 saturated heterocycles. The topological polar surface area (TPSA) is 138 Å². The SMILES string of the molecule is CCOC(=O)C1=C(COC(=O)Cn2nnc3ccccc32)NC(=O)NC1c1ccco1. The molecule has 0 saturated carbocycles. The van der Waals surface area contributed by atoms with E-state index in [2.05, 4.69) is 20.9 Å². The number of rotatable bonds is 7. The van der Waals surface area contributed by atoms with E-state index < -0.39 is 24.0 Å². The fourth-order valence-electron chi connectivity index (χ4n) is 3.21. The third-order valence-corrected chi connectivity index (χ3v) is 4.55. The largest absolute Gasteiger partial charge is 0.467 e. The van der Waals surface area contributed by atoms with Gasteiger partial charge < -0.3 is 24.5 Å². The summed E-state index contributed by atoms with van der Waals surface area (Å²) >= 11 is 0. The van der Waals surface area contributed by atoms with Gasteiger partial charge in [0.2, 0.25) is 0 Å². The number of benzene rings is 1. The number of carbonyl (C=O) groups is 3. The first-order chi connectivity index (χ1) is 15.1. The maximum absolute atomic E-state index is 12.6. The van der Waals surface area contributed by atoms with E-state index in [9.17, 15) is 14.4 Å². The summed E-state index contributed by atoms with van der Waals surface area (Å²) in [6, 6.07) is 8.99. The third kappa shape index (κ3) is 4.25. The summed E-state index contributed by atoms with van der Waals surface area (Å²) in [6.07, 6.45) is 1.43. The van der Waals surface area contributed by atoms with Crippen LogP contribution in [-0.2, 0) is 25.6 Å². The fraction of sp³-hybridized carbons (Fsp3) is 0.250. The van der Waals surface area contributed by atoms with E-state index in [0.717, 1.165) is 0 Å². The van der Waals surface area contributed by atoms with Gasteiger partial charge in [0, 0.05) is 0 Å². The Morgan fingerprint density at radius 3 is 2.81 bits per heavy atom. The van der Waals surface area contributed by atoms with Gasteiger partial charge in [-0.25, -0.2) is 14.3 Å². The van der Waals surface area contributed by atoms with Gasteiger partial charge in [0.05, 0.1) is 29.7 Å². The first kappa shape index (κ1) is 20.1. The van der Waals surface area contributed by atoms with Crippen LogP contribution in [0.3, 0.4) is 0 Å². The van der Waals surface area contributed by atoms with Gasteiger partial charge in [-0.15, -0.1) is 5.10 Å². The lowest BCUT2D eigenvalue weighted by molar-refractivity contribution is -0.144. The molecule has 0 spiro atoms. The monoisotopic (exact) mass is 425 g/mol. The van der Waals surface area contributed by atoms with Crippen molar-refractivity contribution < 1.29 is 28.3 Å². The van der Waals surface area contributed by atoms with Gasteiger partial charge >= 0.3 is 18.0 Å². The molecule has 4 rings (SSSR count). The van der Waals surface area contributed by atoms with Crippen molar-refractivity contribution in [3.05, 3.63) is 59.7 Å². The predicted octanol–water partition coefficient (Wildman–Crippen LogP) is 1.44. The van der Waals surface area contributed by atoms with Crippen LogP contribution in [0.15, 0.2) is 58.3 Å². The molecular formula is C20H19N5O6. The fourth-order valence-corrected chi connectivity index (χ4v) is 3.21. The molecule has 0 fully saturated rings. The summed E-state index contributed by atoms with van der Waals surface area (Å²) < 4.78 is 17.2. The highest BCUT2D eigenvalue weighted by Crippen LogP contribution is 2.28. The number of urea groups is 1. The molecule has 0 bridgehead atoms. The molecule has 2 N–H and O–H groups in total. The molecule has 31 heavy (non-hydrogen) atoms. The Kier molecular flexibility index (Phi) is 5.65. The average Bonchev–Trinajstić information content (AvgIpc) is 3.43. The first-order valence-electron chi connectivity index (χ1n) is 9.51. The number of carbonyl (C=O) groups excluding carboxylic acids is 3. The van der Waals surface area contributed by atoms with Gasteiger partial charge in [-0.2, -0.15) is 0 Å². The molecule has 0 radical (unpaired) electrons. The summed E-state index contributed by atoms with van der Waals surface area (Å²) in [5.74, 6) is -0.936. The lowest BCUT2D eigenvalue weighted by Gasteiger charge is -2.27. The highest BCUT2D eigenvalue weighted by atomic mass is 16.5. The number of ether oxygens (including phenoxy) is 2. The van der Waals surface area contributed by atoms with Crippen molar-refractivity contribution in [1.82, 2.24) is 25.6 Å². The summed E-state index contributed by atoms with van der Waals surface area (Å²) in [5.41, 5.74) is 1.53. The highest BCUT2D eigenvalue weighted by molar-refractivity contribution is 5.95. The van der Waals surface area contributed by atoms with E-state index in [1.54, 1.807) is 31.2 Å². The zero-order valence-corrected chi connectivity index (χ0v) is 16.5. The van der Waals surface area contributed by atoms with Crippen molar-refractivity contribution in [1.29, 1.82) is 0 Å². The number of hydrogen-bond donors (Lipinski definition) is 2. The second-order valence-corrected chi connectivity index (χ2v) is 6.56. The molecule has 1 unspecified atom stereocenters. The molecule has 2 aromatic heterocycles. The van der Waals surface area contributed by atoms with Crippen molar-refractivity contribution in [2.75, 3.05) is 13.2 Å². The Morgan fingerprint density at radius 1 is 1.19 bits per heavy atom. The molecule has 2 amide bonds. The third-order valence-electron chi connectivity index (χ3n) is 4.55. The summed E-state index contributed by atoms with van der Waals surface area (Å²) in [5, 5.41) is 13.1. The van der Waals surface area contributed by atoms with E-state index in [-0.39, 0.29) is 31.0 Å². The number of para-hydroxylation sites is 1. The lowest BCUT2D eigenvalue weighted by atomic mass is 10.0. The van der Waals surface area contributed by atoms with Gasteiger partial charge in [0.15, 0.2) is 0 Å². The van der Waals surface area contributed by atoms with Crippen LogP contribution in [0.1, 0.15) is 18.7 Å². The number of amides is 2. The number of esters is 2. The van der Waals surface area contributed by atoms with Crippen LogP contribution in [0.2, 0.25) is 0 Å². The average molecular weight is 425 g/mol. The normalized spacial score (nSPS) is 16.0. The van der Waals surface area contributed by atoms with E-state index >= 15 is 0 Å². The Balaban J connectivity index is 1.54. The van der Waals surface area contributed by atoms with Gasteiger partial charge in [0.1, 0.15) is 30.5 Å². The molecule has 1 aliphatic rings. The summed E-state index contributed by atoms with van der Waals surface area (Å²) in [4.78, 5) is 37.1. The van der Waals surface area contributed by atoms with Crippen LogP contribution in [-0.4, -0.2) is 46.2 Å². The summed E-state index contributed by atoms with van der Waals surface area (Å²) in [7, 11) is 0. The van der Waals surface area contributed by atoms with E-state index in [0.29, 0.717) is 16.8 Å². The van der Waals surface area contributed by atoms with Gasteiger partial charge in [0.25, 0.3) is 0 Å². The minimum absolute atomic E-state index is 0.0930. The predicted molar refractivity (Wildman–Crippen MR) is 105 cm³/mol. The standard InChI is InChI=1S/C20H19N5O6/c1-2-29-19(27)17-13(21-20(28)22-18(17)15-8-5-9-30-15)11-31-16(26)10-25-14-7-4-3-6-12(14)23-24-25/h3-9,18H,2,10-11H2,1H3,(H2,21,22,28). The second-order valence-electron chi connectivity index (χ2n) is 6.56. The summed E-state index contributed by atoms with van der Waals surface area (Å²) in [6.45, 7) is 1.27. The lowest BCUT2D eigenvalue weighted by Crippen LogP contribution is -2.47. The number of hydrogen-bond acceptors (Lipinski definition) is 8. The molecule has 1 aromatic carbocycles. The second kappa shape index (κ2) is 8.69. The maximum atomic E-state index is 12.6. The minimum Gasteiger partial charge on any atom is -0.467 e. The molecule has 3 aromatic rings. The zero-order chi connectivity index (χ0) is 21.8. The Labute approximate surface area is 176 Å². The van der Waals surface area contributed by atoms with E-state index in [4.69, 9.17) is 13.9 Å². The number of furan rings is 1. The molecule has 11 nitrogen and oxygen atoms in total. The van der Waals surface area contributed by atoms with Gasteiger partial charge in [-0.1, -0.05) is 17.3 Å². The van der Waals surface area contributed by atoms with Crippen LogP contribution in [0, 0.1) is 0 Å². The first-order valence-corrected chi connectivity index (χ1v) is 9.51. The van der Waals surface area contributed by atoms with Crippen molar-refractivity contribution >= 4 is 29.0 Å². The number of fused-ring (bicyclic) bond motifs is 1. The number of aromatic nitrogens is 3. The van der Waals surface area contributed by atoms with Crippen molar-refractivity contribution in [3.63, 3.8) is 0 Å². The van der Waals surface area contributed by atoms with E-state index in [1.165, 1.54) is 10.9 Å². The van der Waals surface area contributed by atoms with Crippen LogP contribution < -0.4 is 10.6 Å². The molecule has 1 aliphatic heterocycles.